The Hall–Kier alpha value is -1.69. The lowest BCUT2D eigenvalue weighted by Crippen LogP contribution is -1.97. The van der Waals surface area contributed by atoms with Gasteiger partial charge in [-0.25, -0.2) is 5.10 Å². The molecule has 2 rings (SSSR count). The minimum atomic E-state index is -0.236. The lowest BCUT2D eigenvalue weighted by molar-refractivity contribution is 1.05. The van der Waals surface area contributed by atoms with Crippen molar-refractivity contribution < 1.29 is 0 Å². The summed E-state index contributed by atoms with van der Waals surface area (Å²) < 4.78 is 0. The lowest BCUT2D eigenvalue weighted by Gasteiger charge is -1.91. The van der Waals surface area contributed by atoms with E-state index in [-0.39, 0.29) is 10.3 Å². The van der Waals surface area contributed by atoms with Gasteiger partial charge in [-0.3, -0.25) is 9.59 Å². The minimum absolute atomic E-state index is 0.114. The quantitative estimate of drug-likeness (QED) is 0.681. The maximum atomic E-state index is 10.9. The van der Waals surface area contributed by atoms with Crippen molar-refractivity contribution in [2.24, 2.45) is 0 Å². The Kier molecular flexibility index (Phi) is 1.82. The van der Waals surface area contributed by atoms with Gasteiger partial charge in [-0.1, -0.05) is 11.3 Å². The lowest BCUT2D eigenvalue weighted by atomic mass is 10.3. The molecule has 13 heavy (non-hydrogen) atoms. The molecule has 0 radical (unpaired) electrons. The number of rotatable bonds is 1. The van der Waals surface area contributed by atoms with E-state index in [1.807, 2.05) is 0 Å². The number of H-pyrrole nitrogens is 2. The van der Waals surface area contributed by atoms with Crippen LogP contribution in [0.3, 0.4) is 0 Å². The molecular formula is C7H5N3O2S. The van der Waals surface area contributed by atoms with Crippen LogP contribution in [-0.2, 0) is 0 Å². The number of nitrogens with zero attached hydrogens (tertiary/aromatic N) is 1. The first-order valence-corrected chi connectivity index (χ1v) is 4.32. The van der Waals surface area contributed by atoms with Crippen LogP contribution in [0.15, 0.2) is 27.9 Å². The molecule has 2 heterocycles. The summed E-state index contributed by atoms with van der Waals surface area (Å²) in [5.41, 5.74) is 0.437. The molecule has 0 atom stereocenters. The zero-order valence-electron chi connectivity index (χ0n) is 6.40. The first-order chi connectivity index (χ1) is 6.25. The summed E-state index contributed by atoms with van der Waals surface area (Å²) >= 11 is 0.957. The average Bonchev–Trinajstić information content (AvgIpc) is 2.52. The number of pyridine rings is 1. The van der Waals surface area contributed by atoms with Gasteiger partial charge in [0.25, 0.3) is 0 Å². The first-order valence-electron chi connectivity index (χ1n) is 3.50. The van der Waals surface area contributed by atoms with Crippen molar-refractivity contribution in [3.05, 3.63) is 38.2 Å². The van der Waals surface area contributed by atoms with Crippen molar-refractivity contribution >= 4 is 11.3 Å². The first kappa shape index (κ1) is 7.93. The molecule has 0 saturated heterocycles. The van der Waals surface area contributed by atoms with Gasteiger partial charge in [-0.15, -0.1) is 0 Å². The molecule has 0 aliphatic carbocycles. The highest BCUT2D eigenvalue weighted by atomic mass is 32.1. The topological polar surface area (TPSA) is 78.6 Å². The number of hydrogen-bond acceptors (Lipinski definition) is 4. The maximum absolute atomic E-state index is 10.9. The van der Waals surface area contributed by atoms with Gasteiger partial charge in [0.1, 0.15) is 0 Å². The Bertz CT molecular complexity index is 525. The van der Waals surface area contributed by atoms with Gasteiger partial charge in [0.2, 0.25) is 0 Å². The molecule has 6 heteroatoms. The van der Waals surface area contributed by atoms with Crippen LogP contribution in [0.5, 0.6) is 0 Å². The second kappa shape index (κ2) is 2.98. The van der Waals surface area contributed by atoms with Crippen molar-refractivity contribution in [2.45, 2.75) is 0 Å². The zero-order chi connectivity index (χ0) is 9.26. The molecule has 0 spiro atoms. The SMILES string of the molecule is O=c1cc[nH]c(-c2n[nH]c(=O)s2)c1. The smallest absolute Gasteiger partial charge is 0.322 e. The molecule has 66 valence electrons. The van der Waals surface area contributed by atoms with E-state index in [1.165, 1.54) is 18.3 Å². The highest BCUT2D eigenvalue weighted by molar-refractivity contribution is 7.12. The van der Waals surface area contributed by atoms with Crippen molar-refractivity contribution in [1.29, 1.82) is 0 Å². The maximum Gasteiger partial charge on any atom is 0.322 e. The van der Waals surface area contributed by atoms with Crippen LogP contribution in [0.25, 0.3) is 10.7 Å². The van der Waals surface area contributed by atoms with E-state index < -0.39 is 0 Å². The van der Waals surface area contributed by atoms with Crippen LogP contribution in [0.4, 0.5) is 0 Å². The van der Waals surface area contributed by atoms with Crippen LogP contribution in [0.1, 0.15) is 0 Å². The summed E-state index contributed by atoms with van der Waals surface area (Å²) in [5.74, 6) is 0. The molecule has 0 unspecified atom stereocenters. The molecule has 2 N–H and O–H groups in total. The summed E-state index contributed by atoms with van der Waals surface area (Å²) in [6.07, 6.45) is 1.52. The van der Waals surface area contributed by atoms with Gasteiger partial charge in [0.05, 0.1) is 5.69 Å². The zero-order valence-corrected chi connectivity index (χ0v) is 7.22. The molecule has 0 amide bonds. The molecule has 0 aliphatic heterocycles. The molecule has 5 nitrogen and oxygen atoms in total. The summed E-state index contributed by atoms with van der Waals surface area (Å²) in [6, 6.07) is 2.80. The number of nitrogens with one attached hydrogen (secondary N) is 2. The second-order valence-corrected chi connectivity index (χ2v) is 3.32. The highest BCUT2D eigenvalue weighted by Crippen LogP contribution is 2.12. The van der Waals surface area contributed by atoms with Gasteiger partial charge < -0.3 is 4.98 Å². The summed E-state index contributed by atoms with van der Waals surface area (Å²) in [4.78, 5) is 24.3. The van der Waals surface area contributed by atoms with Gasteiger partial charge in [-0.05, 0) is 0 Å². The number of aromatic amines is 2. The van der Waals surface area contributed by atoms with E-state index >= 15 is 0 Å². The van der Waals surface area contributed by atoms with E-state index in [2.05, 4.69) is 15.2 Å². The fraction of sp³-hybridized carbons (Fsp3) is 0. The van der Waals surface area contributed by atoms with Crippen molar-refractivity contribution in [3.8, 4) is 10.7 Å². The molecule has 0 aromatic carbocycles. The summed E-state index contributed by atoms with van der Waals surface area (Å²) in [5, 5.41) is 6.50. The predicted molar refractivity (Wildman–Crippen MR) is 48.8 cm³/mol. The molecule has 0 saturated carbocycles. The Balaban J connectivity index is 2.58. The third kappa shape index (κ3) is 1.57. The van der Waals surface area contributed by atoms with Gasteiger partial charge in [0, 0.05) is 18.3 Å². The fourth-order valence-corrected chi connectivity index (χ4v) is 1.50. The summed E-state index contributed by atoms with van der Waals surface area (Å²) in [7, 11) is 0. The van der Waals surface area contributed by atoms with Crippen molar-refractivity contribution in [3.63, 3.8) is 0 Å². The van der Waals surface area contributed by atoms with E-state index in [4.69, 9.17) is 0 Å². The van der Waals surface area contributed by atoms with Gasteiger partial charge >= 0.3 is 4.87 Å². The van der Waals surface area contributed by atoms with Crippen LogP contribution in [-0.4, -0.2) is 15.2 Å². The number of hydrogen-bond donors (Lipinski definition) is 2. The van der Waals surface area contributed by atoms with Crippen LogP contribution in [0.2, 0.25) is 0 Å². The van der Waals surface area contributed by atoms with Gasteiger partial charge in [-0.2, -0.15) is 5.10 Å². The Morgan fingerprint density at radius 2 is 2.23 bits per heavy atom. The second-order valence-electron chi connectivity index (χ2n) is 2.36. The van der Waals surface area contributed by atoms with Crippen molar-refractivity contribution in [1.82, 2.24) is 15.2 Å². The van der Waals surface area contributed by atoms with E-state index in [1.54, 1.807) is 0 Å². The Morgan fingerprint density at radius 1 is 1.38 bits per heavy atom. The Labute approximate surface area is 76.1 Å². The van der Waals surface area contributed by atoms with Crippen LogP contribution >= 0.6 is 11.3 Å². The van der Waals surface area contributed by atoms with Gasteiger partial charge in [0.15, 0.2) is 10.4 Å². The van der Waals surface area contributed by atoms with Crippen molar-refractivity contribution in [2.75, 3.05) is 0 Å². The standard InChI is InChI=1S/C7H5N3O2S/c11-4-1-2-8-5(3-4)6-9-10-7(12)13-6/h1-3H,(H,8,11)(H,10,12). The third-order valence-corrected chi connectivity index (χ3v) is 2.22. The van der Waals surface area contributed by atoms with Crippen LogP contribution < -0.4 is 10.3 Å². The Morgan fingerprint density at radius 3 is 2.85 bits per heavy atom. The molecular weight excluding hydrogens is 190 g/mol. The normalized spacial score (nSPS) is 10.2. The van der Waals surface area contributed by atoms with E-state index in [0.29, 0.717) is 10.7 Å². The summed E-state index contributed by atoms with van der Waals surface area (Å²) in [6.45, 7) is 0. The molecule has 2 aromatic rings. The highest BCUT2D eigenvalue weighted by Gasteiger charge is 2.02. The molecule has 0 aliphatic rings. The molecule has 0 fully saturated rings. The average molecular weight is 195 g/mol. The van der Waals surface area contributed by atoms with E-state index in [0.717, 1.165) is 11.3 Å². The predicted octanol–water partition coefficient (Wildman–Crippen LogP) is 0.187. The van der Waals surface area contributed by atoms with Crippen LogP contribution in [0, 0.1) is 0 Å². The fourth-order valence-electron chi connectivity index (χ4n) is 0.914. The third-order valence-electron chi connectivity index (χ3n) is 1.44. The monoisotopic (exact) mass is 195 g/mol. The van der Waals surface area contributed by atoms with E-state index in [9.17, 15) is 9.59 Å². The molecule has 2 aromatic heterocycles. The number of aromatic nitrogens is 3. The molecule has 0 bridgehead atoms. The minimum Gasteiger partial charge on any atom is -0.359 e. The largest absolute Gasteiger partial charge is 0.359 e.